The molecule has 0 aromatic carbocycles. The molecule has 1 saturated carbocycles. The Morgan fingerprint density at radius 2 is 2.20 bits per heavy atom. The van der Waals surface area contributed by atoms with Crippen LogP contribution in [0.2, 0.25) is 0 Å². The predicted octanol–water partition coefficient (Wildman–Crippen LogP) is 1.97. The van der Waals surface area contributed by atoms with Crippen LogP contribution in [-0.2, 0) is 7.05 Å². The molecule has 4 nitrogen and oxygen atoms in total. The Morgan fingerprint density at radius 1 is 1.53 bits per heavy atom. The highest BCUT2D eigenvalue weighted by atomic mass is 16.1. The average molecular weight is 207 g/mol. The number of aryl methyl sites for hydroxylation is 1. The van der Waals surface area contributed by atoms with E-state index in [9.17, 15) is 4.79 Å². The molecule has 0 saturated heterocycles. The third kappa shape index (κ3) is 1.68. The lowest BCUT2D eigenvalue weighted by atomic mass is 9.78. The number of hydrogen-bond acceptors (Lipinski definition) is 3. The number of nitrogens with zero attached hydrogens (tertiary/aromatic N) is 3. The van der Waals surface area contributed by atoms with Crippen molar-refractivity contribution in [1.29, 1.82) is 0 Å². The van der Waals surface area contributed by atoms with Gasteiger partial charge in [0.15, 0.2) is 5.78 Å². The number of ketones is 1. The van der Waals surface area contributed by atoms with Crippen LogP contribution < -0.4 is 0 Å². The first-order chi connectivity index (χ1) is 7.18. The summed E-state index contributed by atoms with van der Waals surface area (Å²) in [6, 6.07) is 0. The number of hydrogen-bond donors (Lipinski definition) is 0. The molecule has 0 bridgehead atoms. The van der Waals surface area contributed by atoms with Gasteiger partial charge in [0.1, 0.15) is 5.69 Å². The second-order valence-electron chi connectivity index (χ2n) is 4.39. The molecular weight excluding hydrogens is 190 g/mol. The molecule has 0 spiro atoms. The molecule has 1 aromatic rings. The summed E-state index contributed by atoms with van der Waals surface area (Å²) in [6.07, 6.45) is 6.86. The monoisotopic (exact) mass is 207 g/mol. The van der Waals surface area contributed by atoms with Gasteiger partial charge in [-0.1, -0.05) is 19.8 Å². The number of aromatic nitrogens is 3. The molecule has 1 fully saturated rings. The van der Waals surface area contributed by atoms with Gasteiger partial charge in [-0.25, -0.2) is 0 Å². The maximum absolute atomic E-state index is 12.3. The lowest BCUT2D eigenvalue weighted by Crippen LogP contribution is -2.27. The Balaban J connectivity index is 2.26. The van der Waals surface area contributed by atoms with E-state index in [4.69, 9.17) is 0 Å². The van der Waals surface area contributed by atoms with Crippen molar-refractivity contribution >= 4 is 5.78 Å². The van der Waals surface area contributed by atoms with E-state index < -0.39 is 0 Å². The number of Topliss-reactive ketones (excluding diaryl/α,β-unsaturated/α-hetero) is 1. The van der Waals surface area contributed by atoms with Crippen molar-refractivity contribution in [2.75, 3.05) is 0 Å². The van der Waals surface area contributed by atoms with Crippen LogP contribution in [0, 0.1) is 5.41 Å². The largest absolute Gasteiger partial charge is 0.292 e. The van der Waals surface area contributed by atoms with Gasteiger partial charge < -0.3 is 0 Å². The standard InChI is InChI=1S/C11H17N3O/c1-3-11(6-4-5-7-11)10(15)9-8-12-14(2)13-9/h8H,3-7H2,1-2H3. The van der Waals surface area contributed by atoms with Gasteiger partial charge in [-0.05, 0) is 19.3 Å². The first-order valence-corrected chi connectivity index (χ1v) is 5.59. The minimum atomic E-state index is -0.143. The molecule has 82 valence electrons. The first kappa shape index (κ1) is 10.3. The molecule has 0 radical (unpaired) electrons. The Labute approximate surface area is 89.7 Å². The molecule has 0 aliphatic heterocycles. The molecule has 4 heteroatoms. The highest BCUT2D eigenvalue weighted by Gasteiger charge is 2.40. The second-order valence-corrected chi connectivity index (χ2v) is 4.39. The van der Waals surface area contributed by atoms with E-state index in [0.29, 0.717) is 5.69 Å². The van der Waals surface area contributed by atoms with Crippen molar-refractivity contribution in [2.24, 2.45) is 12.5 Å². The lowest BCUT2D eigenvalue weighted by molar-refractivity contribution is 0.0785. The molecule has 0 N–H and O–H groups in total. The maximum atomic E-state index is 12.3. The summed E-state index contributed by atoms with van der Waals surface area (Å²) in [5, 5.41) is 8.06. The van der Waals surface area contributed by atoms with E-state index in [1.807, 2.05) is 0 Å². The highest BCUT2D eigenvalue weighted by molar-refractivity contribution is 5.98. The van der Waals surface area contributed by atoms with Gasteiger partial charge in [-0.3, -0.25) is 4.79 Å². The molecular formula is C11H17N3O. The highest BCUT2D eigenvalue weighted by Crippen LogP contribution is 2.43. The van der Waals surface area contributed by atoms with Crippen molar-refractivity contribution in [3.63, 3.8) is 0 Å². The molecule has 1 aliphatic carbocycles. The summed E-state index contributed by atoms with van der Waals surface area (Å²) in [5.74, 6) is 0.190. The Hall–Kier alpha value is -1.19. The molecule has 2 rings (SSSR count). The summed E-state index contributed by atoms with van der Waals surface area (Å²) in [5.41, 5.74) is 0.386. The average Bonchev–Trinajstić information content (AvgIpc) is 2.86. The molecule has 1 aromatic heterocycles. The van der Waals surface area contributed by atoms with E-state index in [1.165, 1.54) is 17.6 Å². The van der Waals surface area contributed by atoms with Crippen molar-refractivity contribution in [1.82, 2.24) is 15.0 Å². The van der Waals surface area contributed by atoms with Crippen molar-refractivity contribution in [3.05, 3.63) is 11.9 Å². The fraction of sp³-hybridized carbons (Fsp3) is 0.727. The van der Waals surface area contributed by atoms with Crippen molar-refractivity contribution < 1.29 is 4.79 Å². The van der Waals surface area contributed by atoms with E-state index >= 15 is 0 Å². The van der Waals surface area contributed by atoms with E-state index in [-0.39, 0.29) is 11.2 Å². The summed E-state index contributed by atoms with van der Waals surface area (Å²) in [6.45, 7) is 2.10. The number of rotatable bonds is 3. The minimum absolute atomic E-state index is 0.143. The van der Waals surface area contributed by atoms with Crippen molar-refractivity contribution in [2.45, 2.75) is 39.0 Å². The fourth-order valence-electron chi connectivity index (χ4n) is 2.51. The third-order valence-electron chi connectivity index (χ3n) is 3.55. The van der Waals surface area contributed by atoms with Gasteiger partial charge in [0.2, 0.25) is 0 Å². The molecule has 0 amide bonds. The van der Waals surface area contributed by atoms with Gasteiger partial charge in [0.05, 0.1) is 6.20 Å². The third-order valence-corrected chi connectivity index (χ3v) is 3.55. The summed E-state index contributed by atoms with van der Waals surface area (Å²) < 4.78 is 0. The zero-order valence-corrected chi connectivity index (χ0v) is 9.36. The van der Waals surface area contributed by atoms with Crippen LogP contribution in [0.15, 0.2) is 6.20 Å². The Morgan fingerprint density at radius 3 is 2.67 bits per heavy atom. The van der Waals surface area contributed by atoms with Crippen LogP contribution in [0.25, 0.3) is 0 Å². The molecule has 1 heterocycles. The van der Waals surface area contributed by atoms with Crippen molar-refractivity contribution in [3.8, 4) is 0 Å². The topological polar surface area (TPSA) is 47.8 Å². The number of carbonyl (C=O) groups is 1. The molecule has 0 atom stereocenters. The van der Waals surface area contributed by atoms with E-state index in [1.54, 1.807) is 13.2 Å². The zero-order chi connectivity index (χ0) is 10.9. The Bertz CT molecular complexity index is 364. The van der Waals surface area contributed by atoms with Crippen LogP contribution in [0.5, 0.6) is 0 Å². The molecule has 15 heavy (non-hydrogen) atoms. The number of carbonyl (C=O) groups excluding carboxylic acids is 1. The lowest BCUT2D eigenvalue weighted by Gasteiger charge is -2.24. The summed E-state index contributed by atoms with van der Waals surface area (Å²) >= 11 is 0. The van der Waals surface area contributed by atoms with Gasteiger partial charge >= 0.3 is 0 Å². The minimum Gasteiger partial charge on any atom is -0.292 e. The van der Waals surface area contributed by atoms with E-state index in [0.717, 1.165) is 19.3 Å². The second kappa shape index (κ2) is 3.76. The zero-order valence-electron chi connectivity index (χ0n) is 9.36. The predicted molar refractivity (Wildman–Crippen MR) is 56.5 cm³/mol. The SMILES string of the molecule is CCC1(C(=O)c2cnn(C)n2)CCCC1. The maximum Gasteiger partial charge on any atom is 0.190 e. The quantitative estimate of drug-likeness (QED) is 0.712. The van der Waals surface area contributed by atoms with Crippen LogP contribution >= 0.6 is 0 Å². The van der Waals surface area contributed by atoms with Crippen LogP contribution in [0.4, 0.5) is 0 Å². The Kier molecular flexibility index (Phi) is 2.59. The normalized spacial score (nSPS) is 19.3. The summed E-state index contributed by atoms with van der Waals surface area (Å²) in [4.78, 5) is 13.7. The van der Waals surface area contributed by atoms with Gasteiger partial charge in [-0.15, -0.1) is 0 Å². The van der Waals surface area contributed by atoms with Crippen LogP contribution in [0.3, 0.4) is 0 Å². The van der Waals surface area contributed by atoms with Gasteiger partial charge in [0.25, 0.3) is 0 Å². The van der Waals surface area contributed by atoms with Crippen LogP contribution in [-0.4, -0.2) is 20.8 Å². The summed E-state index contributed by atoms with van der Waals surface area (Å²) in [7, 11) is 1.74. The fourth-order valence-corrected chi connectivity index (χ4v) is 2.51. The van der Waals surface area contributed by atoms with Gasteiger partial charge in [0, 0.05) is 12.5 Å². The smallest absolute Gasteiger partial charge is 0.190 e. The molecule has 1 aliphatic rings. The van der Waals surface area contributed by atoms with E-state index in [2.05, 4.69) is 17.1 Å². The molecule has 0 unspecified atom stereocenters. The van der Waals surface area contributed by atoms with Crippen LogP contribution in [0.1, 0.15) is 49.5 Å². The first-order valence-electron chi connectivity index (χ1n) is 5.59. The van der Waals surface area contributed by atoms with Gasteiger partial charge in [-0.2, -0.15) is 15.0 Å².